The molecule has 7 heteroatoms. The van der Waals surface area contributed by atoms with Gasteiger partial charge in [0.05, 0.1) is 22.7 Å². The van der Waals surface area contributed by atoms with Crippen LogP contribution >= 0.6 is 0 Å². The molecule has 0 atom stereocenters. The molecular formula is C11H11N3O4. The van der Waals surface area contributed by atoms with E-state index in [1.165, 1.54) is 0 Å². The number of rotatable bonds is 1. The molecule has 0 fully saturated rings. The second-order valence-corrected chi connectivity index (χ2v) is 4.09. The number of hydrogen-bond acceptors (Lipinski definition) is 4. The summed E-state index contributed by atoms with van der Waals surface area (Å²) in [6, 6.07) is 1.63. The lowest BCUT2D eigenvalue weighted by molar-refractivity contribution is -0.386. The zero-order valence-corrected chi connectivity index (χ0v) is 9.86. The third-order valence-electron chi connectivity index (χ3n) is 2.98. The normalized spacial score (nSPS) is 14.3. The Bertz CT molecular complexity index is 580. The van der Waals surface area contributed by atoms with Crippen LogP contribution in [0.3, 0.4) is 0 Å². The van der Waals surface area contributed by atoms with E-state index in [9.17, 15) is 19.7 Å². The van der Waals surface area contributed by atoms with Crippen LogP contribution in [0.4, 0.5) is 11.4 Å². The van der Waals surface area contributed by atoms with Gasteiger partial charge in [0.15, 0.2) is 0 Å². The molecule has 7 nitrogen and oxygen atoms in total. The first-order valence-corrected chi connectivity index (χ1v) is 5.28. The summed E-state index contributed by atoms with van der Waals surface area (Å²) >= 11 is 0. The maximum Gasteiger partial charge on any atom is 0.313 e. The number of benzene rings is 1. The highest BCUT2D eigenvalue weighted by atomic mass is 16.6. The number of aryl methyl sites for hydroxylation is 1. The standard InChI is InChI=1S/C11H11N3O4/c1-5-3-8-7(9(6(5)2)14(17)18)4-12-10(15)11(16)13-8/h3H,4H2,1-2H3,(H,12,15)(H,13,16). The van der Waals surface area contributed by atoms with Gasteiger partial charge in [0.1, 0.15) is 0 Å². The van der Waals surface area contributed by atoms with Crippen molar-refractivity contribution >= 4 is 23.2 Å². The number of hydrogen-bond donors (Lipinski definition) is 2. The van der Waals surface area contributed by atoms with Crippen LogP contribution in [-0.2, 0) is 16.1 Å². The van der Waals surface area contributed by atoms with Gasteiger partial charge in [-0.25, -0.2) is 0 Å². The molecule has 0 spiro atoms. The van der Waals surface area contributed by atoms with Crippen LogP contribution < -0.4 is 10.6 Å². The summed E-state index contributed by atoms with van der Waals surface area (Å²) in [5.74, 6) is -1.61. The predicted molar refractivity (Wildman–Crippen MR) is 63.0 cm³/mol. The first kappa shape index (κ1) is 12.0. The molecule has 0 saturated carbocycles. The highest BCUT2D eigenvalue weighted by Crippen LogP contribution is 2.33. The number of nitro benzene ring substituents is 1. The van der Waals surface area contributed by atoms with Crippen LogP contribution in [0.5, 0.6) is 0 Å². The van der Waals surface area contributed by atoms with E-state index in [0.717, 1.165) is 0 Å². The quantitative estimate of drug-likeness (QED) is 0.436. The maximum absolute atomic E-state index is 11.4. The Labute approximate surface area is 102 Å². The van der Waals surface area contributed by atoms with Gasteiger partial charge in [0.25, 0.3) is 5.69 Å². The Morgan fingerprint density at radius 3 is 2.56 bits per heavy atom. The fourth-order valence-electron chi connectivity index (χ4n) is 1.92. The average Bonchev–Trinajstić information content (AvgIpc) is 2.41. The topological polar surface area (TPSA) is 101 Å². The Morgan fingerprint density at radius 1 is 1.28 bits per heavy atom. The Kier molecular flexibility index (Phi) is 2.74. The van der Waals surface area contributed by atoms with Gasteiger partial charge in [-0.2, -0.15) is 0 Å². The maximum atomic E-state index is 11.4. The second-order valence-electron chi connectivity index (χ2n) is 4.09. The van der Waals surface area contributed by atoms with Crippen LogP contribution in [-0.4, -0.2) is 16.7 Å². The summed E-state index contributed by atoms with van der Waals surface area (Å²) in [5, 5.41) is 15.8. The smallest absolute Gasteiger partial charge is 0.313 e. The van der Waals surface area contributed by atoms with Crippen LogP contribution in [0, 0.1) is 24.0 Å². The van der Waals surface area contributed by atoms with Crippen LogP contribution in [0.1, 0.15) is 16.7 Å². The van der Waals surface area contributed by atoms with E-state index in [1.54, 1.807) is 19.9 Å². The van der Waals surface area contributed by atoms with E-state index in [0.29, 0.717) is 22.4 Å². The zero-order chi connectivity index (χ0) is 13.4. The highest BCUT2D eigenvalue weighted by Gasteiger charge is 2.28. The molecule has 0 bridgehead atoms. The molecule has 1 aromatic carbocycles. The van der Waals surface area contributed by atoms with Gasteiger partial charge in [0.2, 0.25) is 0 Å². The van der Waals surface area contributed by atoms with E-state index in [2.05, 4.69) is 10.6 Å². The van der Waals surface area contributed by atoms with Gasteiger partial charge >= 0.3 is 11.8 Å². The van der Waals surface area contributed by atoms with Crippen molar-refractivity contribution in [2.45, 2.75) is 20.4 Å². The van der Waals surface area contributed by atoms with Crippen molar-refractivity contribution < 1.29 is 14.5 Å². The molecule has 1 aliphatic rings. The van der Waals surface area contributed by atoms with Crippen molar-refractivity contribution in [3.8, 4) is 0 Å². The van der Waals surface area contributed by atoms with Gasteiger partial charge in [-0.15, -0.1) is 0 Å². The van der Waals surface area contributed by atoms with E-state index in [1.807, 2.05) is 0 Å². The highest BCUT2D eigenvalue weighted by molar-refractivity contribution is 6.40. The molecule has 1 aliphatic heterocycles. The number of carbonyl (C=O) groups is 2. The average molecular weight is 249 g/mol. The fourth-order valence-corrected chi connectivity index (χ4v) is 1.92. The number of anilines is 1. The fraction of sp³-hybridized carbons (Fsp3) is 0.273. The largest absolute Gasteiger partial charge is 0.343 e. The molecule has 0 unspecified atom stereocenters. The minimum atomic E-state index is -0.814. The second kappa shape index (κ2) is 4.10. The summed E-state index contributed by atoms with van der Waals surface area (Å²) in [4.78, 5) is 33.2. The lowest BCUT2D eigenvalue weighted by Crippen LogP contribution is -2.31. The number of amides is 2. The third-order valence-corrected chi connectivity index (χ3v) is 2.98. The monoisotopic (exact) mass is 249 g/mol. The molecule has 2 rings (SSSR count). The Hall–Kier alpha value is -2.44. The van der Waals surface area contributed by atoms with Crippen molar-refractivity contribution in [3.05, 3.63) is 32.9 Å². The van der Waals surface area contributed by atoms with E-state index >= 15 is 0 Å². The summed E-state index contributed by atoms with van der Waals surface area (Å²) in [6.07, 6.45) is 0. The molecule has 0 aromatic heterocycles. The molecule has 2 amide bonds. The number of nitrogens with one attached hydrogen (secondary N) is 2. The predicted octanol–water partition coefficient (Wildman–Crippen LogP) is 0.780. The minimum Gasteiger partial charge on any atom is -0.343 e. The number of carbonyl (C=O) groups excluding carboxylic acids is 2. The van der Waals surface area contributed by atoms with Crippen molar-refractivity contribution in [1.82, 2.24) is 5.32 Å². The van der Waals surface area contributed by atoms with Crippen molar-refractivity contribution in [1.29, 1.82) is 0 Å². The molecule has 18 heavy (non-hydrogen) atoms. The van der Waals surface area contributed by atoms with Gasteiger partial charge in [-0.1, -0.05) is 0 Å². The van der Waals surface area contributed by atoms with Crippen molar-refractivity contribution in [2.75, 3.05) is 5.32 Å². The number of nitrogens with zero attached hydrogens (tertiary/aromatic N) is 1. The minimum absolute atomic E-state index is 0.0374. The van der Waals surface area contributed by atoms with Gasteiger partial charge < -0.3 is 10.6 Å². The van der Waals surface area contributed by atoms with Crippen molar-refractivity contribution in [3.63, 3.8) is 0 Å². The molecule has 2 N–H and O–H groups in total. The Balaban J connectivity index is 2.68. The lowest BCUT2D eigenvalue weighted by Gasteiger charge is -2.11. The molecule has 1 aromatic rings. The summed E-state index contributed by atoms with van der Waals surface area (Å²) in [5.41, 5.74) is 1.79. The molecular weight excluding hydrogens is 238 g/mol. The van der Waals surface area contributed by atoms with Gasteiger partial charge in [-0.05, 0) is 25.5 Å². The molecule has 0 radical (unpaired) electrons. The Morgan fingerprint density at radius 2 is 1.94 bits per heavy atom. The van der Waals surface area contributed by atoms with Crippen molar-refractivity contribution in [2.24, 2.45) is 0 Å². The first-order valence-electron chi connectivity index (χ1n) is 5.28. The molecule has 0 aliphatic carbocycles. The third kappa shape index (κ3) is 1.79. The van der Waals surface area contributed by atoms with Crippen LogP contribution in [0.15, 0.2) is 6.07 Å². The van der Waals surface area contributed by atoms with Crippen LogP contribution in [0.25, 0.3) is 0 Å². The molecule has 94 valence electrons. The summed E-state index contributed by atoms with van der Waals surface area (Å²) in [6.45, 7) is 3.32. The number of nitro groups is 1. The first-order chi connectivity index (χ1) is 8.41. The zero-order valence-electron chi connectivity index (χ0n) is 9.86. The molecule has 0 saturated heterocycles. The summed E-state index contributed by atoms with van der Waals surface area (Å²) in [7, 11) is 0. The molecule has 1 heterocycles. The van der Waals surface area contributed by atoms with E-state index < -0.39 is 16.7 Å². The number of fused-ring (bicyclic) bond motifs is 1. The van der Waals surface area contributed by atoms with E-state index in [4.69, 9.17) is 0 Å². The summed E-state index contributed by atoms with van der Waals surface area (Å²) < 4.78 is 0. The van der Waals surface area contributed by atoms with Gasteiger partial charge in [-0.3, -0.25) is 19.7 Å². The van der Waals surface area contributed by atoms with Gasteiger partial charge in [0, 0.05) is 5.56 Å². The van der Waals surface area contributed by atoms with Crippen LogP contribution in [0.2, 0.25) is 0 Å². The lowest BCUT2D eigenvalue weighted by atomic mass is 10.0. The van der Waals surface area contributed by atoms with E-state index in [-0.39, 0.29) is 12.2 Å². The SMILES string of the molecule is Cc1cc2c(c([N+](=O)[O-])c1C)CNC(=O)C(=O)N2.